The summed E-state index contributed by atoms with van der Waals surface area (Å²) in [5.74, 6) is 0.501. The molecule has 6 heteroatoms. The number of amides is 1. The summed E-state index contributed by atoms with van der Waals surface area (Å²) in [7, 11) is 1.55. The number of methoxy groups -OCH3 is 1. The van der Waals surface area contributed by atoms with Crippen LogP contribution in [-0.2, 0) is 4.79 Å². The molecule has 0 unspecified atom stereocenters. The van der Waals surface area contributed by atoms with Crippen molar-refractivity contribution in [2.45, 2.75) is 25.3 Å². The Balaban J connectivity index is 1.88. The van der Waals surface area contributed by atoms with E-state index in [0.29, 0.717) is 29.4 Å². The summed E-state index contributed by atoms with van der Waals surface area (Å²) in [5.41, 5.74) is 0.579. The van der Waals surface area contributed by atoms with Gasteiger partial charge in [0.1, 0.15) is 5.75 Å². The molecule has 1 aliphatic heterocycles. The van der Waals surface area contributed by atoms with Crippen LogP contribution in [0.25, 0.3) is 0 Å². The summed E-state index contributed by atoms with van der Waals surface area (Å²) in [6, 6.07) is 5.30. The van der Waals surface area contributed by atoms with E-state index < -0.39 is 0 Å². The van der Waals surface area contributed by atoms with Crippen molar-refractivity contribution in [3.05, 3.63) is 23.2 Å². The number of hydrogen-bond donors (Lipinski definition) is 2. The van der Waals surface area contributed by atoms with Crippen LogP contribution < -0.4 is 10.1 Å². The molecule has 1 amide bonds. The molecule has 1 fully saturated rings. The normalized spacial score (nSPS) is 18.7. The molecule has 2 rings (SSSR count). The van der Waals surface area contributed by atoms with Gasteiger partial charge < -0.3 is 15.2 Å². The zero-order valence-electron chi connectivity index (χ0n) is 12.1. The number of benzene rings is 1. The maximum atomic E-state index is 12.0. The monoisotopic (exact) mass is 312 g/mol. The first-order valence-corrected chi connectivity index (χ1v) is 7.50. The lowest BCUT2D eigenvalue weighted by atomic mass is 10.2. The van der Waals surface area contributed by atoms with Crippen LogP contribution in [0.5, 0.6) is 5.75 Å². The molecule has 0 aliphatic carbocycles. The van der Waals surface area contributed by atoms with E-state index >= 15 is 0 Å². The Hall–Kier alpha value is -1.30. The summed E-state index contributed by atoms with van der Waals surface area (Å²) >= 11 is 5.93. The molecule has 1 saturated heterocycles. The first kappa shape index (κ1) is 16.1. The predicted octanol–water partition coefficient (Wildman–Crippen LogP) is 2.13. The van der Waals surface area contributed by atoms with Gasteiger partial charge in [0.05, 0.1) is 19.4 Å². The lowest BCUT2D eigenvalue weighted by Crippen LogP contribution is -2.34. The average Bonchev–Trinajstić information content (AvgIpc) is 2.93. The van der Waals surface area contributed by atoms with Crippen molar-refractivity contribution in [2.24, 2.45) is 0 Å². The van der Waals surface area contributed by atoms with Crippen LogP contribution in [0.15, 0.2) is 18.2 Å². The van der Waals surface area contributed by atoms with Gasteiger partial charge >= 0.3 is 0 Å². The molecule has 1 heterocycles. The van der Waals surface area contributed by atoms with Gasteiger partial charge in [0.2, 0.25) is 5.91 Å². The van der Waals surface area contributed by atoms with Gasteiger partial charge in [0.25, 0.3) is 0 Å². The predicted molar refractivity (Wildman–Crippen MR) is 82.9 cm³/mol. The molecule has 2 N–H and O–H groups in total. The van der Waals surface area contributed by atoms with E-state index in [1.54, 1.807) is 25.3 Å². The van der Waals surface area contributed by atoms with Gasteiger partial charge in [-0.25, -0.2) is 0 Å². The van der Waals surface area contributed by atoms with Crippen molar-refractivity contribution in [3.63, 3.8) is 0 Å². The Morgan fingerprint density at radius 1 is 1.57 bits per heavy atom. The molecular formula is C15H21ClN2O3. The first-order valence-electron chi connectivity index (χ1n) is 7.12. The number of aliphatic hydroxyl groups excluding tert-OH is 1. The molecule has 1 atom stereocenters. The lowest BCUT2D eigenvalue weighted by Gasteiger charge is -2.22. The third kappa shape index (κ3) is 4.33. The number of likely N-dealkylation sites (tertiary alicyclic amines) is 1. The van der Waals surface area contributed by atoms with Crippen molar-refractivity contribution in [1.29, 1.82) is 0 Å². The van der Waals surface area contributed by atoms with E-state index in [4.69, 9.17) is 16.3 Å². The van der Waals surface area contributed by atoms with Crippen LogP contribution in [0.2, 0.25) is 5.02 Å². The summed E-state index contributed by atoms with van der Waals surface area (Å²) in [6.07, 6.45) is 2.46. The Labute approximate surface area is 129 Å². The van der Waals surface area contributed by atoms with Crippen molar-refractivity contribution in [1.82, 2.24) is 4.90 Å². The fraction of sp³-hybridized carbons (Fsp3) is 0.533. The number of nitrogens with one attached hydrogen (secondary N) is 1. The quantitative estimate of drug-likeness (QED) is 0.845. The largest absolute Gasteiger partial charge is 0.495 e. The van der Waals surface area contributed by atoms with E-state index in [1.165, 1.54) is 0 Å². The van der Waals surface area contributed by atoms with Crippen LogP contribution >= 0.6 is 11.6 Å². The Bertz CT molecular complexity index is 496. The number of anilines is 1. The highest BCUT2D eigenvalue weighted by Crippen LogP contribution is 2.27. The van der Waals surface area contributed by atoms with Gasteiger partial charge in [-0.3, -0.25) is 9.69 Å². The highest BCUT2D eigenvalue weighted by molar-refractivity contribution is 6.31. The minimum absolute atomic E-state index is 0.0841. The summed E-state index contributed by atoms with van der Waals surface area (Å²) in [4.78, 5) is 14.2. The summed E-state index contributed by atoms with van der Waals surface area (Å²) in [6.45, 7) is 1.75. The fourth-order valence-corrected chi connectivity index (χ4v) is 2.80. The van der Waals surface area contributed by atoms with E-state index in [-0.39, 0.29) is 18.6 Å². The van der Waals surface area contributed by atoms with Gasteiger partial charge in [-0.05, 0) is 37.6 Å². The molecule has 0 radical (unpaired) electrons. The molecule has 0 bridgehead atoms. The number of ether oxygens (including phenoxy) is 1. The second kappa shape index (κ2) is 7.64. The van der Waals surface area contributed by atoms with Crippen molar-refractivity contribution in [3.8, 4) is 5.75 Å². The third-order valence-corrected chi connectivity index (χ3v) is 4.01. The fourth-order valence-electron chi connectivity index (χ4n) is 2.63. The van der Waals surface area contributed by atoms with Gasteiger partial charge in [-0.1, -0.05) is 11.6 Å². The first-order chi connectivity index (χ1) is 10.1. The van der Waals surface area contributed by atoms with E-state index in [2.05, 4.69) is 10.2 Å². The molecule has 1 aromatic carbocycles. The van der Waals surface area contributed by atoms with Crippen molar-refractivity contribution in [2.75, 3.05) is 32.1 Å². The van der Waals surface area contributed by atoms with Crippen LogP contribution in [0.3, 0.4) is 0 Å². The van der Waals surface area contributed by atoms with Gasteiger partial charge in [-0.15, -0.1) is 0 Å². The average molecular weight is 313 g/mol. The van der Waals surface area contributed by atoms with E-state index in [0.717, 1.165) is 19.4 Å². The minimum Gasteiger partial charge on any atom is -0.495 e. The van der Waals surface area contributed by atoms with Crippen LogP contribution in [0.1, 0.15) is 19.3 Å². The third-order valence-electron chi connectivity index (χ3n) is 3.77. The molecule has 0 spiro atoms. The zero-order chi connectivity index (χ0) is 15.2. The molecule has 0 saturated carbocycles. The van der Waals surface area contributed by atoms with Crippen molar-refractivity contribution >= 4 is 23.2 Å². The SMILES string of the molecule is COc1ccc(Cl)cc1NC(=O)CCN1CCC[C@@H]1CO. The zero-order valence-corrected chi connectivity index (χ0v) is 12.9. The van der Waals surface area contributed by atoms with Gasteiger partial charge in [0, 0.05) is 24.0 Å². The smallest absolute Gasteiger partial charge is 0.225 e. The van der Waals surface area contributed by atoms with Crippen molar-refractivity contribution < 1.29 is 14.6 Å². The molecule has 116 valence electrons. The summed E-state index contributed by atoms with van der Waals surface area (Å²) < 4.78 is 5.20. The number of rotatable bonds is 6. The van der Waals surface area contributed by atoms with E-state index in [9.17, 15) is 9.90 Å². The molecule has 0 aromatic heterocycles. The molecule has 21 heavy (non-hydrogen) atoms. The number of carbonyl (C=O) groups excluding carboxylic acids is 1. The maximum absolute atomic E-state index is 12.0. The standard InChI is InChI=1S/C15H21ClN2O3/c1-21-14-5-4-11(16)9-13(14)17-15(20)6-8-18-7-2-3-12(18)10-19/h4-5,9,12,19H,2-3,6-8,10H2,1H3,(H,17,20)/t12-/m1/s1. The Kier molecular flexibility index (Phi) is 5.85. The lowest BCUT2D eigenvalue weighted by molar-refractivity contribution is -0.116. The van der Waals surface area contributed by atoms with Crippen LogP contribution in [0.4, 0.5) is 5.69 Å². The molecule has 1 aliphatic rings. The molecule has 1 aromatic rings. The second-order valence-corrected chi connectivity index (χ2v) is 5.59. The summed E-state index contributed by atoms with van der Waals surface area (Å²) in [5, 5.41) is 12.6. The maximum Gasteiger partial charge on any atom is 0.225 e. The topological polar surface area (TPSA) is 61.8 Å². The number of aliphatic hydroxyl groups is 1. The van der Waals surface area contributed by atoms with Gasteiger partial charge in [0.15, 0.2) is 0 Å². The molecular weight excluding hydrogens is 292 g/mol. The van der Waals surface area contributed by atoms with Gasteiger partial charge in [-0.2, -0.15) is 0 Å². The Morgan fingerprint density at radius 2 is 2.38 bits per heavy atom. The van der Waals surface area contributed by atoms with Crippen LogP contribution in [0, 0.1) is 0 Å². The number of carbonyl (C=O) groups is 1. The number of nitrogens with zero attached hydrogens (tertiary/aromatic N) is 1. The molecule has 5 nitrogen and oxygen atoms in total. The second-order valence-electron chi connectivity index (χ2n) is 5.16. The van der Waals surface area contributed by atoms with E-state index in [1.807, 2.05) is 0 Å². The minimum atomic E-state index is -0.0841. The number of hydrogen-bond acceptors (Lipinski definition) is 4. The number of halogens is 1. The highest BCUT2D eigenvalue weighted by Gasteiger charge is 2.23. The highest BCUT2D eigenvalue weighted by atomic mass is 35.5. The van der Waals surface area contributed by atoms with Crippen LogP contribution in [-0.4, -0.2) is 48.8 Å². The Morgan fingerprint density at radius 3 is 3.10 bits per heavy atom.